The first-order valence-corrected chi connectivity index (χ1v) is 11.6. The molecule has 0 amide bonds. The molecule has 2 rings (SSSR count). The lowest BCUT2D eigenvalue weighted by molar-refractivity contribution is 0.474. The number of aryl methyl sites for hydroxylation is 1. The van der Waals surface area contributed by atoms with Gasteiger partial charge in [0.1, 0.15) is 5.75 Å². The number of nitrogens with zero attached hydrogens (tertiary/aromatic N) is 1. The van der Waals surface area contributed by atoms with Gasteiger partial charge in [-0.15, -0.1) is 0 Å². The molecule has 0 saturated heterocycles. The van der Waals surface area contributed by atoms with Gasteiger partial charge in [0.2, 0.25) is 0 Å². The predicted octanol–water partition coefficient (Wildman–Crippen LogP) is 7.98. The van der Waals surface area contributed by atoms with E-state index in [1.165, 1.54) is 63.4 Å². The molecule has 0 fully saturated rings. The SMILES string of the molecule is CCCCCCCCCCCCc1cc(Cl)c(O)c(/C(=N/C)c2ccccc2)c1. The van der Waals surface area contributed by atoms with Gasteiger partial charge >= 0.3 is 0 Å². The van der Waals surface area contributed by atoms with Crippen LogP contribution in [0.5, 0.6) is 5.75 Å². The molecule has 0 unspecified atom stereocenters. The number of benzene rings is 2. The Morgan fingerprint density at radius 3 is 2.03 bits per heavy atom. The molecule has 0 saturated carbocycles. The Morgan fingerprint density at radius 1 is 0.862 bits per heavy atom. The summed E-state index contributed by atoms with van der Waals surface area (Å²) < 4.78 is 0. The van der Waals surface area contributed by atoms with Crippen LogP contribution in [0.1, 0.15) is 87.8 Å². The summed E-state index contributed by atoms with van der Waals surface area (Å²) in [5.41, 5.74) is 3.64. The van der Waals surface area contributed by atoms with Gasteiger partial charge in [-0.05, 0) is 30.5 Å². The second-order valence-corrected chi connectivity index (χ2v) is 8.25. The summed E-state index contributed by atoms with van der Waals surface area (Å²) >= 11 is 6.34. The van der Waals surface area contributed by atoms with Crippen molar-refractivity contribution >= 4 is 17.3 Å². The third-order valence-corrected chi connectivity index (χ3v) is 5.76. The van der Waals surface area contributed by atoms with Gasteiger partial charge in [-0.25, -0.2) is 0 Å². The van der Waals surface area contributed by atoms with Crippen molar-refractivity contribution < 1.29 is 5.11 Å². The number of phenolic OH excluding ortho intramolecular Hbond substituents is 1. The fourth-order valence-electron chi connectivity index (χ4n) is 3.80. The molecule has 3 heteroatoms. The molecule has 0 atom stereocenters. The molecule has 29 heavy (non-hydrogen) atoms. The number of halogens is 1. The Hall–Kier alpha value is -1.80. The molecule has 0 aliphatic heterocycles. The van der Waals surface area contributed by atoms with E-state index in [0.29, 0.717) is 10.6 Å². The summed E-state index contributed by atoms with van der Waals surface area (Å²) in [6.45, 7) is 2.27. The van der Waals surface area contributed by atoms with Gasteiger partial charge in [-0.3, -0.25) is 4.99 Å². The number of hydrogen-bond acceptors (Lipinski definition) is 2. The van der Waals surface area contributed by atoms with Crippen LogP contribution in [0, 0.1) is 0 Å². The van der Waals surface area contributed by atoms with E-state index in [9.17, 15) is 5.11 Å². The maximum absolute atomic E-state index is 10.5. The first kappa shape index (κ1) is 23.5. The molecule has 2 nitrogen and oxygen atoms in total. The summed E-state index contributed by atoms with van der Waals surface area (Å²) in [5, 5.41) is 10.9. The number of hydrogen-bond donors (Lipinski definition) is 1. The predicted molar refractivity (Wildman–Crippen MR) is 127 cm³/mol. The fraction of sp³-hybridized carbons (Fsp3) is 0.500. The van der Waals surface area contributed by atoms with Crippen molar-refractivity contribution in [3.05, 3.63) is 64.2 Å². The van der Waals surface area contributed by atoms with Crippen molar-refractivity contribution in [2.75, 3.05) is 7.05 Å². The van der Waals surface area contributed by atoms with Gasteiger partial charge in [-0.2, -0.15) is 0 Å². The van der Waals surface area contributed by atoms with Crippen molar-refractivity contribution in [2.24, 2.45) is 4.99 Å². The second kappa shape index (κ2) is 13.4. The number of aliphatic imine (C=N–C) groups is 1. The van der Waals surface area contributed by atoms with Crippen molar-refractivity contribution in [2.45, 2.75) is 77.6 Å². The zero-order valence-electron chi connectivity index (χ0n) is 18.1. The smallest absolute Gasteiger partial charge is 0.143 e. The minimum atomic E-state index is 0.114. The number of phenols is 1. The second-order valence-electron chi connectivity index (χ2n) is 7.84. The normalized spacial score (nSPS) is 11.8. The van der Waals surface area contributed by atoms with Gasteiger partial charge < -0.3 is 5.11 Å². The highest BCUT2D eigenvalue weighted by Gasteiger charge is 2.15. The fourth-order valence-corrected chi connectivity index (χ4v) is 4.04. The quantitative estimate of drug-likeness (QED) is 0.262. The maximum Gasteiger partial charge on any atom is 0.143 e. The lowest BCUT2D eigenvalue weighted by Crippen LogP contribution is -2.05. The number of unbranched alkanes of at least 4 members (excludes halogenated alkanes) is 9. The van der Waals surface area contributed by atoms with Gasteiger partial charge in [0.15, 0.2) is 0 Å². The number of rotatable bonds is 13. The van der Waals surface area contributed by atoms with E-state index < -0.39 is 0 Å². The van der Waals surface area contributed by atoms with Gasteiger partial charge in [-0.1, -0.05) is 107 Å². The van der Waals surface area contributed by atoms with Crippen LogP contribution in [0.4, 0.5) is 0 Å². The van der Waals surface area contributed by atoms with Crippen molar-refractivity contribution in [3.63, 3.8) is 0 Å². The Morgan fingerprint density at radius 2 is 1.45 bits per heavy atom. The lowest BCUT2D eigenvalue weighted by atomic mass is 9.97. The molecular formula is C26H36ClNO. The molecule has 0 aromatic heterocycles. The molecule has 2 aromatic rings. The lowest BCUT2D eigenvalue weighted by Gasteiger charge is -2.12. The minimum absolute atomic E-state index is 0.114. The minimum Gasteiger partial charge on any atom is -0.506 e. The van der Waals surface area contributed by atoms with Gasteiger partial charge in [0, 0.05) is 18.2 Å². The van der Waals surface area contributed by atoms with E-state index in [1.54, 1.807) is 7.05 Å². The molecule has 2 aromatic carbocycles. The number of aromatic hydroxyl groups is 1. The molecule has 0 spiro atoms. The van der Waals surface area contributed by atoms with Crippen LogP contribution in [0.2, 0.25) is 5.02 Å². The first-order valence-electron chi connectivity index (χ1n) is 11.2. The van der Waals surface area contributed by atoms with Crippen LogP contribution in [-0.2, 0) is 6.42 Å². The van der Waals surface area contributed by atoms with Gasteiger partial charge in [0.25, 0.3) is 0 Å². The zero-order chi connectivity index (χ0) is 20.9. The van der Waals surface area contributed by atoms with Crippen molar-refractivity contribution in [3.8, 4) is 5.75 Å². The van der Waals surface area contributed by atoms with E-state index in [0.717, 1.165) is 24.1 Å². The van der Waals surface area contributed by atoms with Crippen LogP contribution in [0.25, 0.3) is 0 Å². The van der Waals surface area contributed by atoms with Crippen LogP contribution in [-0.4, -0.2) is 17.9 Å². The van der Waals surface area contributed by atoms with Crippen LogP contribution in [0.3, 0.4) is 0 Å². The summed E-state index contributed by atoms with van der Waals surface area (Å²) in [6.07, 6.45) is 14.3. The van der Waals surface area contributed by atoms with Crippen LogP contribution in [0.15, 0.2) is 47.5 Å². The molecule has 1 N–H and O–H groups in total. The third kappa shape index (κ3) is 7.85. The summed E-state index contributed by atoms with van der Waals surface area (Å²) in [5.74, 6) is 0.114. The highest BCUT2D eigenvalue weighted by molar-refractivity contribution is 6.33. The Kier molecular flexibility index (Phi) is 10.9. The van der Waals surface area contributed by atoms with E-state index in [4.69, 9.17) is 11.6 Å². The van der Waals surface area contributed by atoms with E-state index in [-0.39, 0.29) is 5.75 Å². The highest BCUT2D eigenvalue weighted by Crippen LogP contribution is 2.32. The van der Waals surface area contributed by atoms with Gasteiger partial charge in [0.05, 0.1) is 10.7 Å². The molecule has 0 aliphatic rings. The monoisotopic (exact) mass is 413 g/mol. The third-order valence-electron chi connectivity index (χ3n) is 5.47. The summed E-state index contributed by atoms with van der Waals surface area (Å²) in [7, 11) is 1.75. The molecule has 0 bridgehead atoms. The van der Waals surface area contributed by atoms with Crippen molar-refractivity contribution in [1.29, 1.82) is 0 Å². The Balaban J connectivity index is 1.86. The zero-order valence-corrected chi connectivity index (χ0v) is 18.8. The molecule has 158 valence electrons. The first-order chi connectivity index (χ1) is 14.2. The van der Waals surface area contributed by atoms with E-state index in [1.807, 2.05) is 42.5 Å². The average Bonchev–Trinajstić information content (AvgIpc) is 2.74. The van der Waals surface area contributed by atoms with E-state index in [2.05, 4.69) is 11.9 Å². The Labute approximate surface area is 182 Å². The largest absolute Gasteiger partial charge is 0.506 e. The summed E-state index contributed by atoms with van der Waals surface area (Å²) in [4.78, 5) is 4.43. The average molecular weight is 414 g/mol. The molecular weight excluding hydrogens is 378 g/mol. The standard InChI is InChI=1S/C26H36ClNO/c1-3-4-5-6-7-8-9-10-11-13-16-21-19-23(26(29)24(27)20-21)25(28-2)22-17-14-12-15-18-22/h12,14-15,17-20,29H,3-11,13,16H2,1-2H3/b28-25+. The topological polar surface area (TPSA) is 32.6 Å². The van der Waals surface area contributed by atoms with Crippen LogP contribution < -0.4 is 0 Å². The van der Waals surface area contributed by atoms with E-state index >= 15 is 0 Å². The van der Waals surface area contributed by atoms with Crippen LogP contribution >= 0.6 is 11.6 Å². The van der Waals surface area contributed by atoms with Crippen molar-refractivity contribution in [1.82, 2.24) is 0 Å². The highest BCUT2D eigenvalue weighted by atomic mass is 35.5. The summed E-state index contributed by atoms with van der Waals surface area (Å²) in [6, 6.07) is 13.9. The molecule has 0 aliphatic carbocycles. The molecule has 0 radical (unpaired) electrons. The molecule has 0 heterocycles. The Bertz CT molecular complexity index is 755. The maximum atomic E-state index is 10.5.